The number of ether oxygens (including phenoxy) is 1. The van der Waals surface area contributed by atoms with Gasteiger partial charge in [-0.1, -0.05) is 47.6 Å². The monoisotopic (exact) mass is 471 g/mol. The molecule has 0 atom stereocenters. The lowest BCUT2D eigenvalue weighted by Crippen LogP contribution is -2.24. The normalized spacial score (nSPS) is 13.1. The van der Waals surface area contributed by atoms with Crippen LogP contribution in [0.5, 0.6) is 5.75 Å². The van der Waals surface area contributed by atoms with Gasteiger partial charge in [0, 0.05) is 32.4 Å². The molecule has 1 amide bonds. The fraction of sp³-hybridized carbons (Fsp3) is 0.348. The largest absolute Gasteiger partial charge is 0.484 e. The van der Waals surface area contributed by atoms with Crippen LogP contribution < -0.4 is 15.0 Å². The minimum atomic E-state index is -0.0362. The topological polar surface area (TPSA) is 72.3 Å². The van der Waals surface area contributed by atoms with Crippen LogP contribution in [0.4, 0.5) is 5.69 Å². The number of hydrogen-bond donors (Lipinski definition) is 1. The molecular weight excluding hydrogens is 446 g/mol. The van der Waals surface area contributed by atoms with Gasteiger partial charge in [-0.05, 0) is 42.7 Å². The molecule has 0 aliphatic heterocycles. The molecule has 0 radical (unpaired) electrons. The van der Waals surface area contributed by atoms with E-state index < -0.39 is 0 Å². The van der Waals surface area contributed by atoms with Crippen LogP contribution in [0.15, 0.2) is 53.7 Å². The molecule has 1 heterocycles. The van der Waals surface area contributed by atoms with Crippen molar-refractivity contribution in [2.24, 2.45) is 0 Å². The zero-order valence-corrected chi connectivity index (χ0v) is 19.7. The van der Waals surface area contributed by atoms with E-state index in [1.165, 1.54) is 11.8 Å². The van der Waals surface area contributed by atoms with Crippen molar-refractivity contribution in [3.8, 4) is 5.75 Å². The molecule has 1 N–H and O–H groups in total. The number of benzene rings is 2. The average Bonchev–Trinajstić information content (AvgIpc) is 3.55. The number of carbonyl (C=O) groups excluding carboxylic acids is 1. The first kappa shape index (κ1) is 22.5. The van der Waals surface area contributed by atoms with Crippen molar-refractivity contribution in [3.63, 3.8) is 0 Å². The van der Waals surface area contributed by atoms with Gasteiger partial charge in [-0.3, -0.25) is 9.36 Å². The number of carbonyl (C=O) groups is 1. The predicted molar refractivity (Wildman–Crippen MR) is 127 cm³/mol. The number of aromatic nitrogens is 3. The summed E-state index contributed by atoms with van der Waals surface area (Å²) in [6, 6.07) is 15.9. The quantitative estimate of drug-likeness (QED) is 0.444. The third-order valence-electron chi connectivity index (χ3n) is 5.12. The van der Waals surface area contributed by atoms with Crippen molar-refractivity contribution in [2.75, 3.05) is 24.7 Å². The number of thioether (sulfide) groups is 1. The van der Waals surface area contributed by atoms with E-state index in [1.807, 2.05) is 61.5 Å². The van der Waals surface area contributed by atoms with Crippen molar-refractivity contribution in [1.82, 2.24) is 20.1 Å². The summed E-state index contributed by atoms with van der Waals surface area (Å²) >= 11 is 7.57. The van der Waals surface area contributed by atoms with Crippen molar-refractivity contribution < 1.29 is 9.53 Å². The van der Waals surface area contributed by atoms with E-state index in [-0.39, 0.29) is 18.3 Å². The van der Waals surface area contributed by atoms with Crippen LogP contribution in [0.2, 0.25) is 5.02 Å². The van der Waals surface area contributed by atoms with Crippen LogP contribution in [0.25, 0.3) is 0 Å². The van der Waals surface area contributed by atoms with Gasteiger partial charge in [0.05, 0.1) is 10.8 Å². The lowest BCUT2D eigenvalue weighted by atomic mass is 10.2. The minimum Gasteiger partial charge on any atom is -0.484 e. The van der Waals surface area contributed by atoms with Gasteiger partial charge in [0.1, 0.15) is 12.4 Å². The number of nitrogens with zero attached hydrogens (tertiary/aromatic N) is 4. The molecule has 0 saturated heterocycles. The Balaban J connectivity index is 1.31. The van der Waals surface area contributed by atoms with E-state index in [2.05, 4.69) is 20.1 Å². The van der Waals surface area contributed by atoms with E-state index in [4.69, 9.17) is 16.3 Å². The van der Waals surface area contributed by atoms with E-state index in [1.54, 1.807) is 6.07 Å². The molecule has 1 aliphatic rings. The fourth-order valence-electron chi connectivity index (χ4n) is 3.20. The van der Waals surface area contributed by atoms with Crippen molar-refractivity contribution in [2.45, 2.75) is 37.2 Å². The SMILES string of the molecule is CN(C)c1ccc(CNC(=O)CSc2nnc(COc3ccccc3Cl)n2C2CC2)cc1. The van der Waals surface area contributed by atoms with Crippen LogP contribution in [0, 0.1) is 0 Å². The zero-order chi connectivity index (χ0) is 22.5. The highest BCUT2D eigenvalue weighted by Gasteiger charge is 2.30. The Hall–Kier alpha value is -2.71. The van der Waals surface area contributed by atoms with Crippen molar-refractivity contribution in [3.05, 3.63) is 64.9 Å². The molecule has 7 nitrogen and oxygen atoms in total. The molecule has 9 heteroatoms. The number of nitrogens with one attached hydrogen (secondary N) is 1. The summed E-state index contributed by atoms with van der Waals surface area (Å²) in [4.78, 5) is 14.4. The van der Waals surface area contributed by atoms with E-state index in [9.17, 15) is 4.79 Å². The molecule has 0 unspecified atom stereocenters. The Kier molecular flexibility index (Phi) is 7.22. The highest BCUT2D eigenvalue weighted by molar-refractivity contribution is 7.99. The van der Waals surface area contributed by atoms with Crippen LogP contribution in [-0.4, -0.2) is 40.5 Å². The minimum absolute atomic E-state index is 0.0362. The molecule has 1 saturated carbocycles. The molecule has 1 aliphatic carbocycles. The molecule has 32 heavy (non-hydrogen) atoms. The summed E-state index contributed by atoms with van der Waals surface area (Å²) < 4.78 is 7.94. The summed E-state index contributed by atoms with van der Waals surface area (Å²) in [7, 11) is 4.01. The fourth-order valence-corrected chi connectivity index (χ4v) is 4.25. The van der Waals surface area contributed by atoms with Gasteiger partial charge < -0.3 is 15.0 Å². The lowest BCUT2D eigenvalue weighted by Gasteiger charge is -2.13. The second kappa shape index (κ2) is 10.3. The van der Waals surface area contributed by atoms with E-state index >= 15 is 0 Å². The average molecular weight is 472 g/mol. The Morgan fingerprint density at radius 2 is 1.94 bits per heavy atom. The maximum Gasteiger partial charge on any atom is 0.230 e. The number of para-hydroxylation sites is 1. The Labute approximate surface area is 197 Å². The van der Waals surface area contributed by atoms with Gasteiger partial charge in [0.25, 0.3) is 0 Å². The van der Waals surface area contributed by atoms with Gasteiger partial charge in [0.2, 0.25) is 5.91 Å². The number of anilines is 1. The maximum atomic E-state index is 12.4. The van der Waals surface area contributed by atoms with Crippen molar-refractivity contribution in [1.29, 1.82) is 0 Å². The second-order valence-corrected chi connectivity index (χ2v) is 9.20. The first-order valence-electron chi connectivity index (χ1n) is 10.5. The maximum absolute atomic E-state index is 12.4. The standard InChI is InChI=1S/C23H26ClN5O2S/c1-28(2)17-9-7-16(8-10-17)13-25-22(30)15-32-23-27-26-21(29(23)18-11-12-18)14-31-20-6-4-3-5-19(20)24/h3-10,18H,11-15H2,1-2H3,(H,25,30). The summed E-state index contributed by atoms with van der Waals surface area (Å²) in [5.74, 6) is 1.61. The number of halogens is 1. The summed E-state index contributed by atoms with van der Waals surface area (Å²) in [6.07, 6.45) is 2.17. The zero-order valence-electron chi connectivity index (χ0n) is 18.1. The number of amides is 1. The van der Waals surface area contributed by atoms with E-state index in [0.29, 0.717) is 23.4 Å². The molecular formula is C23H26ClN5O2S. The molecule has 1 aromatic heterocycles. The first-order valence-corrected chi connectivity index (χ1v) is 11.8. The highest BCUT2D eigenvalue weighted by Crippen LogP contribution is 2.39. The third-order valence-corrected chi connectivity index (χ3v) is 6.37. The van der Waals surface area contributed by atoms with Crippen LogP contribution >= 0.6 is 23.4 Å². The highest BCUT2D eigenvalue weighted by atomic mass is 35.5. The smallest absolute Gasteiger partial charge is 0.230 e. The van der Waals surface area contributed by atoms with Crippen LogP contribution in [-0.2, 0) is 17.9 Å². The van der Waals surface area contributed by atoms with Crippen LogP contribution in [0.3, 0.4) is 0 Å². The molecule has 0 bridgehead atoms. The number of hydrogen-bond acceptors (Lipinski definition) is 6. The van der Waals surface area contributed by atoms with Gasteiger partial charge in [-0.25, -0.2) is 0 Å². The van der Waals surface area contributed by atoms with Crippen LogP contribution in [0.1, 0.15) is 30.3 Å². The van der Waals surface area contributed by atoms with Gasteiger partial charge in [0.15, 0.2) is 11.0 Å². The summed E-state index contributed by atoms with van der Waals surface area (Å²) in [6.45, 7) is 0.780. The van der Waals surface area contributed by atoms with E-state index in [0.717, 1.165) is 35.1 Å². The van der Waals surface area contributed by atoms with Gasteiger partial charge in [-0.15, -0.1) is 10.2 Å². The Morgan fingerprint density at radius 1 is 1.19 bits per heavy atom. The Bertz CT molecular complexity index is 1070. The molecule has 0 spiro atoms. The molecule has 3 aromatic rings. The molecule has 2 aromatic carbocycles. The molecule has 1 fully saturated rings. The Morgan fingerprint density at radius 3 is 2.62 bits per heavy atom. The lowest BCUT2D eigenvalue weighted by molar-refractivity contribution is -0.118. The third kappa shape index (κ3) is 5.75. The van der Waals surface area contributed by atoms with Gasteiger partial charge >= 0.3 is 0 Å². The van der Waals surface area contributed by atoms with Crippen molar-refractivity contribution >= 4 is 35.0 Å². The molecule has 168 valence electrons. The first-order chi connectivity index (χ1) is 15.5. The van der Waals surface area contributed by atoms with Gasteiger partial charge in [-0.2, -0.15) is 0 Å². The number of rotatable bonds is 10. The molecule has 4 rings (SSSR count). The summed E-state index contributed by atoms with van der Waals surface area (Å²) in [5, 5.41) is 12.9. The summed E-state index contributed by atoms with van der Waals surface area (Å²) in [5.41, 5.74) is 2.19. The predicted octanol–water partition coefficient (Wildman–Crippen LogP) is 4.32. The second-order valence-electron chi connectivity index (χ2n) is 7.85.